The molecule has 1 aliphatic rings. The fraction of sp³-hybridized carbons (Fsp3) is 0.400. The second kappa shape index (κ2) is 6.34. The monoisotopic (exact) mass is 275 g/mol. The van der Waals surface area contributed by atoms with E-state index in [-0.39, 0.29) is 10.5 Å². The van der Waals surface area contributed by atoms with Crippen molar-refractivity contribution in [3.05, 3.63) is 22.4 Å². The van der Waals surface area contributed by atoms with E-state index < -0.39 is 6.10 Å². The molecule has 2 N–H and O–H groups in total. The van der Waals surface area contributed by atoms with E-state index in [4.69, 9.17) is 12.2 Å². The topological polar surface area (TPSA) is 49.3 Å². The first kappa shape index (κ1) is 13.6. The molecule has 0 radical (unpaired) electrons. The highest BCUT2D eigenvalue weighted by molar-refractivity contribution is 8.16. The minimum Gasteiger partial charge on any atom is -0.386 e. The minimum absolute atomic E-state index is 0.185. The Morgan fingerprint density at radius 1 is 1.56 bits per heavy atom. The molecule has 0 spiro atoms. The summed E-state index contributed by atoms with van der Waals surface area (Å²) in [4.78, 5) is 12.2. The zero-order valence-corrected chi connectivity index (χ0v) is 11.4. The molecule has 16 heavy (non-hydrogen) atoms. The van der Waals surface area contributed by atoms with Crippen molar-refractivity contribution >= 4 is 45.5 Å². The SMILES string of the molecule is CC.O=C1NC(=S)C(C(O)c2cccs2)S1. The zero-order chi connectivity index (χ0) is 12.1. The predicted molar refractivity (Wildman–Crippen MR) is 73.1 cm³/mol. The van der Waals surface area contributed by atoms with Crippen LogP contribution in [0.3, 0.4) is 0 Å². The molecule has 88 valence electrons. The number of nitrogens with one attached hydrogen (secondary N) is 1. The summed E-state index contributed by atoms with van der Waals surface area (Å²) in [7, 11) is 0. The van der Waals surface area contributed by atoms with Gasteiger partial charge in [0, 0.05) is 4.88 Å². The lowest BCUT2D eigenvalue weighted by molar-refractivity contribution is 0.196. The van der Waals surface area contributed by atoms with Crippen LogP contribution in [0.25, 0.3) is 0 Å². The van der Waals surface area contributed by atoms with E-state index in [0.717, 1.165) is 16.6 Å². The summed E-state index contributed by atoms with van der Waals surface area (Å²) >= 11 is 7.46. The highest BCUT2D eigenvalue weighted by Crippen LogP contribution is 2.33. The van der Waals surface area contributed by atoms with Crippen LogP contribution in [0.15, 0.2) is 17.5 Å². The van der Waals surface area contributed by atoms with Crippen LogP contribution in [0.2, 0.25) is 0 Å². The van der Waals surface area contributed by atoms with Crippen molar-refractivity contribution in [2.75, 3.05) is 0 Å². The molecular formula is C10H13NO2S3. The second-order valence-corrected chi connectivity index (χ2v) is 5.31. The van der Waals surface area contributed by atoms with Crippen molar-refractivity contribution in [1.82, 2.24) is 5.32 Å². The molecule has 2 unspecified atom stereocenters. The first-order valence-electron chi connectivity index (χ1n) is 4.91. The van der Waals surface area contributed by atoms with Crippen LogP contribution in [0.4, 0.5) is 4.79 Å². The molecule has 2 atom stereocenters. The van der Waals surface area contributed by atoms with E-state index in [9.17, 15) is 9.90 Å². The van der Waals surface area contributed by atoms with Crippen LogP contribution >= 0.6 is 35.3 Å². The Balaban J connectivity index is 0.000000606. The maximum atomic E-state index is 11.0. The summed E-state index contributed by atoms with van der Waals surface area (Å²) in [5.74, 6) is 0. The van der Waals surface area contributed by atoms with Gasteiger partial charge in [0.1, 0.15) is 6.10 Å². The number of thiophene rings is 1. The van der Waals surface area contributed by atoms with Crippen LogP contribution in [0.5, 0.6) is 0 Å². The summed E-state index contributed by atoms with van der Waals surface area (Å²) in [5, 5.41) is 13.8. The van der Waals surface area contributed by atoms with Crippen LogP contribution in [0.1, 0.15) is 24.8 Å². The number of thioether (sulfide) groups is 1. The van der Waals surface area contributed by atoms with Gasteiger partial charge in [-0.25, -0.2) is 0 Å². The second-order valence-electron chi connectivity index (χ2n) is 2.78. The Morgan fingerprint density at radius 3 is 2.69 bits per heavy atom. The van der Waals surface area contributed by atoms with E-state index in [0.29, 0.717) is 4.99 Å². The molecule has 3 nitrogen and oxygen atoms in total. The van der Waals surface area contributed by atoms with Gasteiger partial charge in [-0.15, -0.1) is 11.3 Å². The molecule has 1 amide bonds. The number of aliphatic hydroxyl groups excluding tert-OH is 1. The van der Waals surface area contributed by atoms with Crippen LogP contribution in [-0.2, 0) is 0 Å². The first-order valence-corrected chi connectivity index (χ1v) is 7.08. The third-order valence-electron chi connectivity index (χ3n) is 1.84. The lowest BCUT2D eigenvalue weighted by Gasteiger charge is -2.13. The number of carbonyl (C=O) groups excluding carboxylic acids is 1. The number of rotatable bonds is 2. The number of hydrogen-bond donors (Lipinski definition) is 2. The number of carbonyl (C=O) groups is 1. The first-order chi connectivity index (χ1) is 7.68. The van der Waals surface area contributed by atoms with Gasteiger partial charge in [0.25, 0.3) is 5.24 Å². The van der Waals surface area contributed by atoms with Gasteiger partial charge in [-0.1, -0.05) is 43.9 Å². The van der Waals surface area contributed by atoms with Gasteiger partial charge in [0.15, 0.2) is 0 Å². The van der Waals surface area contributed by atoms with Crippen molar-refractivity contribution in [1.29, 1.82) is 0 Å². The Bertz CT molecular complexity index is 364. The van der Waals surface area contributed by atoms with E-state index in [2.05, 4.69) is 5.32 Å². The smallest absolute Gasteiger partial charge is 0.284 e. The Labute approximate surface area is 108 Å². The maximum Gasteiger partial charge on any atom is 0.284 e. The quantitative estimate of drug-likeness (QED) is 0.815. The normalized spacial score (nSPS) is 21.1. The van der Waals surface area contributed by atoms with Crippen LogP contribution < -0.4 is 5.32 Å². The fourth-order valence-corrected chi connectivity index (χ4v) is 3.29. The van der Waals surface area contributed by atoms with E-state index in [1.165, 1.54) is 11.3 Å². The van der Waals surface area contributed by atoms with E-state index >= 15 is 0 Å². The molecule has 0 aliphatic carbocycles. The molecule has 0 aromatic carbocycles. The zero-order valence-electron chi connectivity index (χ0n) is 8.97. The van der Waals surface area contributed by atoms with Crippen LogP contribution in [0, 0.1) is 0 Å². The summed E-state index contributed by atoms with van der Waals surface area (Å²) in [6, 6.07) is 3.70. The summed E-state index contributed by atoms with van der Waals surface area (Å²) in [6.07, 6.45) is -0.688. The molecular weight excluding hydrogens is 262 g/mol. The lowest BCUT2D eigenvalue weighted by atomic mass is 10.2. The van der Waals surface area contributed by atoms with Gasteiger partial charge in [0.05, 0.1) is 10.2 Å². The van der Waals surface area contributed by atoms with Gasteiger partial charge in [-0.05, 0) is 11.4 Å². The molecule has 1 fully saturated rings. The van der Waals surface area contributed by atoms with Crippen molar-refractivity contribution in [2.45, 2.75) is 25.2 Å². The Morgan fingerprint density at radius 2 is 2.25 bits per heavy atom. The van der Waals surface area contributed by atoms with E-state index in [1.807, 2.05) is 31.4 Å². The number of aliphatic hydroxyl groups is 1. The third kappa shape index (κ3) is 3.04. The molecule has 6 heteroatoms. The largest absolute Gasteiger partial charge is 0.386 e. The van der Waals surface area contributed by atoms with Crippen molar-refractivity contribution in [2.24, 2.45) is 0 Å². The van der Waals surface area contributed by atoms with Crippen molar-refractivity contribution in [3.63, 3.8) is 0 Å². The molecule has 1 aliphatic heterocycles. The minimum atomic E-state index is -0.688. The molecule has 1 aromatic rings. The number of hydrogen-bond acceptors (Lipinski definition) is 5. The van der Waals surface area contributed by atoms with Crippen molar-refractivity contribution in [3.8, 4) is 0 Å². The van der Waals surface area contributed by atoms with Gasteiger partial charge in [0.2, 0.25) is 0 Å². The Hall–Kier alpha value is -0.430. The number of thiocarbonyl (C=S) groups is 1. The molecule has 1 saturated heterocycles. The highest BCUT2D eigenvalue weighted by atomic mass is 32.2. The van der Waals surface area contributed by atoms with Crippen LogP contribution in [-0.4, -0.2) is 20.6 Å². The third-order valence-corrected chi connectivity index (χ3v) is 4.35. The molecule has 2 rings (SSSR count). The molecule has 0 saturated carbocycles. The summed E-state index contributed by atoms with van der Waals surface area (Å²) in [5.41, 5.74) is 0. The predicted octanol–water partition coefficient (Wildman–Crippen LogP) is 2.96. The fourth-order valence-electron chi connectivity index (χ4n) is 1.19. The van der Waals surface area contributed by atoms with E-state index in [1.54, 1.807) is 0 Å². The average molecular weight is 275 g/mol. The van der Waals surface area contributed by atoms with Gasteiger partial charge >= 0.3 is 0 Å². The van der Waals surface area contributed by atoms with Gasteiger partial charge < -0.3 is 10.4 Å². The average Bonchev–Trinajstić information content (AvgIpc) is 2.90. The summed E-state index contributed by atoms with van der Waals surface area (Å²) in [6.45, 7) is 4.00. The number of amides is 1. The van der Waals surface area contributed by atoms with Gasteiger partial charge in [-0.3, -0.25) is 4.79 Å². The van der Waals surface area contributed by atoms with Gasteiger partial charge in [-0.2, -0.15) is 0 Å². The molecule has 1 aromatic heterocycles. The molecule has 2 heterocycles. The Kier molecular flexibility index (Phi) is 5.40. The summed E-state index contributed by atoms with van der Waals surface area (Å²) < 4.78 is 0. The van der Waals surface area contributed by atoms with Crippen molar-refractivity contribution < 1.29 is 9.90 Å². The highest BCUT2D eigenvalue weighted by Gasteiger charge is 2.35. The molecule has 0 bridgehead atoms. The lowest BCUT2D eigenvalue weighted by Crippen LogP contribution is -2.26. The standard InChI is InChI=1S/C8H7NO2S3.C2H6/c10-5(4-2-1-3-13-4)6-7(12)9-8(11)14-6;1-2/h1-3,5-6,10H,(H,9,11,12);1-2H3. The maximum absolute atomic E-state index is 11.0.